The van der Waals surface area contributed by atoms with Crippen molar-refractivity contribution < 1.29 is 8.78 Å². The van der Waals surface area contributed by atoms with Gasteiger partial charge in [-0.1, -0.05) is 54.3 Å². The molecule has 0 saturated heterocycles. The predicted octanol–water partition coefficient (Wildman–Crippen LogP) is 6.46. The molecule has 0 bridgehead atoms. The molecular formula is C25H20F2. The van der Waals surface area contributed by atoms with Crippen LogP contribution in [0.3, 0.4) is 0 Å². The summed E-state index contributed by atoms with van der Waals surface area (Å²) in [5.41, 5.74) is 4.21. The molecule has 0 nitrogen and oxygen atoms in total. The normalized spacial score (nSPS) is 10.2. The van der Waals surface area contributed by atoms with Crippen molar-refractivity contribution in [3.63, 3.8) is 0 Å². The molecule has 0 N–H and O–H groups in total. The van der Waals surface area contributed by atoms with Crippen LogP contribution in [0.25, 0.3) is 11.1 Å². The summed E-state index contributed by atoms with van der Waals surface area (Å²) in [7, 11) is 0. The second-order valence-corrected chi connectivity index (χ2v) is 6.41. The van der Waals surface area contributed by atoms with Gasteiger partial charge in [-0.3, -0.25) is 0 Å². The standard InChI is InChI=1S/C25H20F2/c1-3-4-5-19-7-9-20(10-8-19)11-12-21-13-15-22(16-14-21)23-17-6-18(2)24(26)25(23)27/h3,6-10,13-17H,1,4-5H2,2H3. The lowest BCUT2D eigenvalue weighted by atomic mass is 10.0. The lowest BCUT2D eigenvalue weighted by Gasteiger charge is -2.06. The molecular weight excluding hydrogens is 338 g/mol. The van der Waals surface area contributed by atoms with E-state index in [2.05, 4.69) is 30.6 Å². The Kier molecular flexibility index (Phi) is 5.84. The Balaban J connectivity index is 1.76. The smallest absolute Gasteiger partial charge is 0.166 e. The van der Waals surface area contributed by atoms with E-state index < -0.39 is 11.6 Å². The van der Waals surface area contributed by atoms with Crippen LogP contribution in [0, 0.1) is 30.4 Å². The number of hydrogen-bond donors (Lipinski definition) is 0. The minimum Gasteiger partial charge on any atom is -0.203 e. The first-order chi connectivity index (χ1) is 13.1. The third-order valence-corrected chi connectivity index (χ3v) is 4.41. The molecule has 0 saturated carbocycles. The summed E-state index contributed by atoms with van der Waals surface area (Å²) < 4.78 is 27.9. The first-order valence-electron chi connectivity index (χ1n) is 8.85. The molecule has 134 valence electrons. The number of hydrogen-bond acceptors (Lipinski definition) is 0. The van der Waals surface area contributed by atoms with Crippen molar-refractivity contribution >= 4 is 0 Å². The number of allylic oxidation sites excluding steroid dienone is 1. The molecule has 0 spiro atoms. The van der Waals surface area contributed by atoms with E-state index in [1.165, 1.54) is 5.56 Å². The van der Waals surface area contributed by atoms with Gasteiger partial charge in [-0.05, 0) is 60.7 Å². The van der Waals surface area contributed by atoms with E-state index in [0.29, 0.717) is 11.1 Å². The van der Waals surface area contributed by atoms with Crippen LogP contribution < -0.4 is 0 Å². The second-order valence-electron chi connectivity index (χ2n) is 6.41. The van der Waals surface area contributed by atoms with Crippen LogP contribution in [0.15, 0.2) is 73.3 Å². The van der Waals surface area contributed by atoms with Gasteiger partial charge in [0.25, 0.3) is 0 Å². The fraction of sp³-hybridized carbons (Fsp3) is 0.120. The maximum atomic E-state index is 14.1. The van der Waals surface area contributed by atoms with Crippen LogP contribution in [0.5, 0.6) is 0 Å². The highest BCUT2D eigenvalue weighted by molar-refractivity contribution is 5.65. The summed E-state index contributed by atoms with van der Waals surface area (Å²) in [6, 6.07) is 18.5. The molecule has 3 rings (SSSR count). The van der Waals surface area contributed by atoms with Crippen molar-refractivity contribution in [2.24, 2.45) is 0 Å². The van der Waals surface area contributed by atoms with Gasteiger partial charge in [0.2, 0.25) is 0 Å². The first kappa shape index (κ1) is 18.6. The first-order valence-corrected chi connectivity index (χ1v) is 8.85. The fourth-order valence-corrected chi connectivity index (χ4v) is 2.77. The van der Waals surface area contributed by atoms with E-state index >= 15 is 0 Å². The Morgan fingerprint density at radius 1 is 0.815 bits per heavy atom. The topological polar surface area (TPSA) is 0 Å². The third kappa shape index (κ3) is 4.51. The van der Waals surface area contributed by atoms with Gasteiger partial charge in [-0.2, -0.15) is 0 Å². The van der Waals surface area contributed by atoms with E-state index in [9.17, 15) is 8.78 Å². The fourth-order valence-electron chi connectivity index (χ4n) is 2.77. The largest absolute Gasteiger partial charge is 0.203 e. The zero-order valence-electron chi connectivity index (χ0n) is 15.2. The van der Waals surface area contributed by atoms with E-state index in [-0.39, 0.29) is 5.56 Å². The molecule has 3 aromatic carbocycles. The molecule has 2 heteroatoms. The lowest BCUT2D eigenvalue weighted by molar-refractivity contribution is 0.505. The molecule has 3 aromatic rings. The Hall–Kier alpha value is -3.18. The summed E-state index contributed by atoms with van der Waals surface area (Å²) in [6.07, 6.45) is 3.85. The summed E-state index contributed by atoms with van der Waals surface area (Å²) in [5.74, 6) is 4.62. The molecule has 0 heterocycles. The van der Waals surface area contributed by atoms with Gasteiger partial charge in [-0.25, -0.2) is 8.78 Å². The predicted molar refractivity (Wildman–Crippen MR) is 107 cm³/mol. The molecule has 27 heavy (non-hydrogen) atoms. The third-order valence-electron chi connectivity index (χ3n) is 4.41. The van der Waals surface area contributed by atoms with E-state index in [1.807, 2.05) is 30.3 Å². The molecule has 0 amide bonds. The molecule has 0 aliphatic rings. The van der Waals surface area contributed by atoms with Gasteiger partial charge in [0.05, 0.1) is 0 Å². The Labute approximate surface area is 159 Å². The molecule has 0 fully saturated rings. The van der Waals surface area contributed by atoms with Gasteiger partial charge in [-0.15, -0.1) is 6.58 Å². The lowest BCUT2D eigenvalue weighted by Crippen LogP contribution is -1.93. The molecule has 0 aromatic heterocycles. The van der Waals surface area contributed by atoms with Crippen LogP contribution in [0.1, 0.15) is 28.7 Å². The molecule has 0 aliphatic heterocycles. The van der Waals surface area contributed by atoms with Gasteiger partial charge in [0.15, 0.2) is 11.6 Å². The van der Waals surface area contributed by atoms with E-state index in [0.717, 1.165) is 24.0 Å². The molecule has 0 atom stereocenters. The van der Waals surface area contributed by atoms with Gasteiger partial charge in [0, 0.05) is 16.7 Å². The molecule has 0 unspecified atom stereocenters. The Bertz CT molecular complexity index is 1000. The maximum absolute atomic E-state index is 14.1. The number of rotatable bonds is 4. The SMILES string of the molecule is C=CCCc1ccc(C#Cc2ccc(-c3ccc(C)c(F)c3F)cc2)cc1. The number of benzene rings is 3. The van der Waals surface area contributed by atoms with E-state index in [1.54, 1.807) is 31.2 Å². The zero-order chi connectivity index (χ0) is 19.2. The van der Waals surface area contributed by atoms with Crippen molar-refractivity contribution in [1.82, 2.24) is 0 Å². The average Bonchev–Trinajstić information content (AvgIpc) is 2.70. The Morgan fingerprint density at radius 3 is 2.00 bits per heavy atom. The second kappa shape index (κ2) is 8.47. The minimum absolute atomic E-state index is 0.257. The van der Waals surface area contributed by atoms with Crippen LogP contribution in [0.4, 0.5) is 8.78 Å². The van der Waals surface area contributed by atoms with Gasteiger partial charge in [0.1, 0.15) is 0 Å². The molecule has 0 radical (unpaired) electrons. The highest BCUT2D eigenvalue weighted by atomic mass is 19.2. The monoisotopic (exact) mass is 358 g/mol. The minimum atomic E-state index is -0.814. The summed E-state index contributed by atoms with van der Waals surface area (Å²) in [6.45, 7) is 5.28. The Morgan fingerprint density at radius 2 is 1.41 bits per heavy atom. The van der Waals surface area contributed by atoms with E-state index in [4.69, 9.17) is 0 Å². The van der Waals surface area contributed by atoms with Crippen LogP contribution in [-0.2, 0) is 6.42 Å². The van der Waals surface area contributed by atoms with Crippen molar-refractivity contribution in [3.8, 4) is 23.0 Å². The summed E-state index contributed by atoms with van der Waals surface area (Å²) >= 11 is 0. The van der Waals surface area contributed by atoms with Gasteiger partial charge >= 0.3 is 0 Å². The highest BCUT2D eigenvalue weighted by Crippen LogP contribution is 2.26. The number of halogens is 2. The number of aryl methyl sites for hydroxylation is 2. The van der Waals surface area contributed by atoms with Gasteiger partial charge < -0.3 is 0 Å². The summed E-state index contributed by atoms with van der Waals surface area (Å²) in [4.78, 5) is 0. The summed E-state index contributed by atoms with van der Waals surface area (Å²) in [5, 5.41) is 0. The van der Waals surface area contributed by atoms with Crippen molar-refractivity contribution in [1.29, 1.82) is 0 Å². The maximum Gasteiger partial charge on any atom is 0.166 e. The molecule has 0 aliphatic carbocycles. The van der Waals surface area contributed by atoms with Crippen molar-refractivity contribution in [2.45, 2.75) is 19.8 Å². The highest BCUT2D eigenvalue weighted by Gasteiger charge is 2.12. The average molecular weight is 358 g/mol. The van der Waals surface area contributed by atoms with Crippen molar-refractivity contribution in [2.75, 3.05) is 0 Å². The van der Waals surface area contributed by atoms with Crippen LogP contribution in [0.2, 0.25) is 0 Å². The zero-order valence-corrected chi connectivity index (χ0v) is 15.2. The quantitative estimate of drug-likeness (QED) is 0.371. The van der Waals surface area contributed by atoms with Crippen molar-refractivity contribution in [3.05, 3.63) is 107 Å². The van der Waals surface area contributed by atoms with Crippen LogP contribution >= 0.6 is 0 Å². The van der Waals surface area contributed by atoms with Crippen LogP contribution in [-0.4, -0.2) is 0 Å².